The Bertz CT molecular complexity index is 355. The van der Waals surface area contributed by atoms with E-state index in [2.05, 4.69) is 0 Å². The van der Waals surface area contributed by atoms with Crippen molar-refractivity contribution in [3.63, 3.8) is 0 Å². The monoisotopic (exact) mass is 259 g/mol. The summed E-state index contributed by atoms with van der Waals surface area (Å²) in [7, 11) is 0. The van der Waals surface area contributed by atoms with E-state index in [9.17, 15) is 19.5 Å². The summed E-state index contributed by atoms with van der Waals surface area (Å²) in [5.41, 5.74) is 0. The molecule has 0 aliphatic carbocycles. The maximum Gasteiger partial charge on any atom is 0.326 e. The molecule has 102 valence electrons. The second kappa shape index (κ2) is 5.81. The van der Waals surface area contributed by atoms with Gasteiger partial charge in [0.2, 0.25) is 5.91 Å². The lowest BCUT2D eigenvalue weighted by Crippen LogP contribution is -2.53. The van der Waals surface area contributed by atoms with Gasteiger partial charge in [-0.2, -0.15) is 0 Å². The summed E-state index contributed by atoms with van der Waals surface area (Å²) in [6.07, 6.45) is -0.588. The Balaban J connectivity index is 2.78. The number of amides is 1. The lowest BCUT2D eigenvalue weighted by Gasteiger charge is -2.36. The van der Waals surface area contributed by atoms with Crippen LogP contribution in [0.2, 0.25) is 0 Å². The average molecular weight is 259 g/mol. The minimum absolute atomic E-state index is 0.0558. The number of carboxylic acid groups (broad SMARTS) is 2. The number of carbonyl (C=O) groups excluding carboxylic acids is 1. The van der Waals surface area contributed by atoms with Gasteiger partial charge in [-0.25, -0.2) is 4.79 Å². The van der Waals surface area contributed by atoms with Gasteiger partial charge < -0.3 is 20.2 Å². The number of likely N-dealkylation sites (tertiary alicyclic amines) is 1. The SMILES string of the molecule is CC(CC(=O)O)C(=O)N1CC(O)CCC1C(=O)O. The molecule has 3 atom stereocenters. The minimum Gasteiger partial charge on any atom is -0.481 e. The first-order valence-corrected chi connectivity index (χ1v) is 5.76. The number of hydrogen-bond acceptors (Lipinski definition) is 4. The molecule has 1 heterocycles. The standard InChI is InChI=1S/C11H17NO6/c1-6(4-9(14)15)10(16)12-5-7(13)2-3-8(12)11(17)18/h6-8,13H,2-5H2,1H3,(H,14,15)(H,17,18). The van der Waals surface area contributed by atoms with Gasteiger partial charge in [0.1, 0.15) is 6.04 Å². The molecule has 0 bridgehead atoms. The average Bonchev–Trinajstić information content (AvgIpc) is 2.26. The zero-order chi connectivity index (χ0) is 13.9. The number of hydrogen-bond donors (Lipinski definition) is 3. The number of β-amino-alcohol motifs (C(OH)–C–C–N with tert-alkyl or cyclic N) is 1. The Morgan fingerprint density at radius 3 is 2.39 bits per heavy atom. The van der Waals surface area contributed by atoms with Gasteiger partial charge in [-0.05, 0) is 12.8 Å². The highest BCUT2D eigenvalue weighted by atomic mass is 16.4. The van der Waals surface area contributed by atoms with E-state index in [0.29, 0.717) is 6.42 Å². The Labute approximate surface area is 104 Å². The van der Waals surface area contributed by atoms with Crippen LogP contribution in [-0.2, 0) is 14.4 Å². The van der Waals surface area contributed by atoms with Crippen LogP contribution in [0.1, 0.15) is 26.2 Å². The summed E-state index contributed by atoms with van der Waals surface area (Å²) in [4.78, 5) is 34.6. The highest BCUT2D eigenvalue weighted by Gasteiger charge is 2.37. The van der Waals surface area contributed by atoms with Crippen LogP contribution in [0.4, 0.5) is 0 Å². The third kappa shape index (κ3) is 3.43. The van der Waals surface area contributed by atoms with Gasteiger partial charge in [-0.3, -0.25) is 9.59 Å². The summed E-state index contributed by atoms with van der Waals surface area (Å²) >= 11 is 0. The van der Waals surface area contributed by atoms with E-state index in [1.165, 1.54) is 6.92 Å². The number of rotatable bonds is 4. The molecule has 7 nitrogen and oxygen atoms in total. The molecule has 7 heteroatoms. The van der Waals surface area contributed by atoms with Crippen LogP contribution in [0.5, 0.6) is 0 Å². The van der Waals surface area contributed by atoms with Gasteiger partial charge in [0.25, 0.3) is 0 Å². The quantitative estimate of drug-likeness (QED) is 0.629. The maximum absolute atomic E-state index is 12.0. The summed E-state index contributed by atoms with van der Waals surface area (Å²) in [5.74, 6) is -3.57. The second-order valence-electron chi connectivity index (χ2n) is 4.57. The Morgan fingerprint density at radius 2 is 1.89 bits per heavy atom. The van der Waals surface area contributed by atoms with Crippen molar-refractivity contribution in [3.05, 3.63) is 0 Å². The number of aliphatic hydroxyl groups excluding tert-OH is 1. The van der Waals surface area contributed by atoms with Crippen LogP contribution in [0.3, 0.4) is 0 Å². The number of nitrogens with zero attached hydrogens (tertiary/aromatic N) is 1. The van der Waals surface area contributed by atoms with Gasteiger partial charge in [0.05, 0.1) is 12.5 Å². The predicted octanol–water partition coefficient (Wildman–Crippen LogP) is -0.466. The fraction of sp³-hybridized carbons (Fsp3) is 0.727. The summed E-state index contributed by atoms with van der Waals surface area (Å²) in [6, 6.07) is -0.975. The van der Waals surface area contributed by atoms with Crippen molar-refractivity contribution in [1.29, 1.82) is 0 Å². The molecule has 1 fully saturated rings. The van der Waals surface area contributed by atoms with Gasteiger partial charge in [-0.15, -0.1) is 0 Å². The third-order valence-electron chi connectivity index (χ3n) is 3.03. The van der Waals surface area contributed by atoms with Crippen LogP contribution in [0.15, 0.2) is 0 Å². The van der Waals surface area contributed by atoms with Crippen LogP contribution in [0, 0.1) is 5.92 Å². The van der Waals surface area contributed by atoms with E-state index < -0.39 is 35.9 Å². The molecular formula is C11H17NO6. The molecule has 0 aromatic heterocycles. The fourth-order valence-corrected chi connectivity index (χ4v) is 2.08. The summed E-state index contributed by atoms with van der Waals surface area (Å²) in [6.45, 7) is 1.39. The van der Waals surface area contributed by atoms with E-state index in [1.807, 2.05) is 0 Å². The molecule has 1 aliphatic rings. The molecule has 0 radical (unpaired) electrons. The Hall–Kier alpha value is -1.63. The van der Waals surface area contributed by atoms with Gasteiger partial charge in [0.15, 0.2) is 0 Å². The molecule has 3 N–H and O–H groups in total. The molecular weight excluding hydrogens is 242 g/mol. The topological polar surface area (TPSA) is 115 Å². The van der Waals surface area contributed by atoms with Crippen molar-refractivity contribution >= 4 is 17.8 Å². The molecule has 0 aromatic rings. The first kappa shape index (κ1) is 14.4. The van der Waals surface area contributed by atoms with Crippen molar-refractivity contribution in [2.75, 3.05) is 6.54 Å². The zero-order valence-electron chi connectivity index (χ0n) is 10.1. The first-order chi connectivity index (χ1) is 8.32. The molecule has 1 saturated heterocycles. The number of carboxylic acids is 2. The number of aliphatic hydroxyl groups is 1. The number of piperidine rings is 1. The van der Waals surface area contributed by atoms with E-state index in [4.69, 9.17) is 10.2 Å². The van der Waals surface area contributed by atoms with E-state index >= 15 is 0 Å². The van der Waals surface area contributed by atoms with Gasteiger partial charge in [-0.1, -0.05) is 6.92 Å². The molecule has 1 amide bonds. The number of aliphatic carboxylic acids is 2. The van der Waals surface area contributed by atoms with E-state index in [1.54, 1.807) is 0 Å². The first-order valence-electron chi connectivity index (χ1n) is 5.76. The van der Waals surface area contributed by atoms with Crippen LogP contribution in [0.25, 0.3) is 0 Å². The van der Waals surface area contributed by atoms with Gasteiger partial charge >= 0.3 is 11.9 Å². The van der Waals surface area contributed by atoms with Crippen LogP contribution >= 0.6 is 0 Å². The number of carbonyl (C=O) groups is 3. The highest BCUT2D eigenvalue weighted by molar-refractivity contribution is 5.87. The third-order valence-corrected chi connectivity index (χ3v) is 3.03. The van der Waals surface area contributed by atoms with Crippen molar-refractivity contribution in [1.82, 2.24) is 4.90 Å². The summed E-state index contributed by atoms with van der Waals surface area (Å²) < 4.78 is 0. The maximum atomic E-state index is 12.0. The summed E-state index contributed by atoms with van der Waals surface area (Å²) in [5, 5.41) is 27.1. The zero-order valence-corrected chi connectivity index (χ0v) is 10.1. The molecule has 1 aliphatic heterocycles. The molecule has 0 spiro atoms. The second-order valence-corrected chi connectivity index (χ2v) is 4.57. The molecule has 3 unspecified atom stereocenters. The normalized spacial score (nSPS) is 25.6. The minimum atomic E-state index is -1.13. The molecule has 0 aromatic carbocycles. The van der Waals surface area contributed by atoms with E-state index in [-0.39, 0.29) is 19.4 Å². The smallest absolute Gasteiger partial charge is 0.326 e. The van der Waals surface area contributed by atoms with Crippen molar-refractivity contribution < 1.29 is 29.7 Å². The molecule has 18 heavy (non-hydrogen) atoms. The Morgan fingerprint density at radius 1 is 1.28 bits per heavy atom. The lowest BCUT2D eigenvalue weighted by atomic mass is 9.97. The highest BCUT2D eigenvalue weighted by Crippen LogP contribution is 2.21. The molecule has 0 saturated carbocycles. The fourth-order valence-electron chi connectivity index (χ4n) is 2.08. The van der Waals surface area contributed by atoms with Gasteiger partial charge in [0, 0.05) is 12.5 Å². The predicted molar refractivity (Wildman–Crippen MR) is 59.8 cm³/mol. The Kier molecular flexibility index (Phi) is 4.66. The van der Waals surface area contributed by atoms with Crippen LogP contribution < -0.4 is 0 Å². The molecule has 1 rings (SSSR count). The van der Waals surface area contributed by atoms with Crippen LogP contribution in [-0.4, -0.2) is 56.8 Å². The van der Waals surface area contributed by atoms with E-state index in [0.717, 1.165) is 4.90 Å². The lowest BCUT2D eigenvalue weighted by molar-refractivity contribution is -0.157. The van der Waals surface area contributed by atoms with Crippen molar-refractivity contribution in [3.8, 4) is 0 Å². The van der Waals surface area contributed by atoms with Crippen molar-refractivity contribution in [2.24, 2.45) is 5.92 Å². The van der Waals surface area contributed by atoms with Crippen molar-refractivity contribution in [2.45, 2.75) is 38.3 Å². The largest absolute Gasteiger partial charge is 0.481 e.